The zero-order valence-corrected chi connectivity index (χ0v) is 20.4. The number of carboxylic acid groups (broad SMARTS) is 1. The lowest BCUT2D eigenvalue weighted by Crippen LogP contribution is -2.36. The Labute approximate surface area is 200 Å². The molecule has 1 N–H and O–H groups in total. The van der Waals surface area contributed by atoms with E-state index in [9.17, 15) is 14.7 Å². The number of aliphatic carboxylic acids is 1. The molecule has 3 aromatic rings. The molecule has 0 fully saturated rings. The van der Waals surface area contributed by atoms with Crippen molar-refractivity contribution in [2.75, 3.05) is 6.54 Å². The maximum Gasteiger partial charge on any atom is 0.309 e. The van der Waals surface area contributed by atoms with Gasteiger partial charge in [0.25, 0.3) is 0 Å². The average Bonchev–Trinajstić information content (AvgIpc) is 3.24. The number of hydrogen-bond acceptors (Lipinski definition) is 4. The summed E-state index contributed by atoms with van der Waals surface area (Å²) in [6.45, 7) is 5.15. The molecule has 1 aliphatic heterocycles. The molecule has 0 spiro atoms. The van der Waals surface area contributed by atoms with Gasteiger partial charge in [0.2, 0.25) is 5.91 Å². The smallest absolute Gasteiger partial charge is 0.309 e. The molecule has 0 radical (unpaired) electrons. The van der Waals surface area contributed by atoms with Crippen LogP contribution in [0.3, 0.4) is 0 Å². The van der Waals surface area contributed by atoms with E-state index in [4.69, 9.17) is 23.2 Å². The fourth-order valence-electron chi connectivity index (χ4n) is 4.22. The molecular formula is C23H25Cl2N3O3S. The first-order valence-corrected chi connectivity index (χ1v) is 12.1. The van der Waals surface area contributed by atoms with E-state index >= 15 is 0 Å². The maximum atomic E-state index is 12.9. The predicted molar refractivity (Wildman–Crippen MR) is 128 cm³/mol. The Morgan fingerprint density at radius 1 is 1.31 bits per heavy atom. The van der Waals surface area contributed by atoms with Gasteiger partial charge in [-0.15, -0.1) is 11.3 Å². The van der Waals surface area contributed by atoms with Gasteiger partial charge in [-0.3, -0.25) is 9.59 Å². The highest BCUT2D eigenvalue weighted by molar-refractivity contribution is 7.16. The van der Waals surface area contributed by atoms with Crippen molar-refractivity contribution in [2.45, 2.75) is 52.6 Å². The molecule has 4 heterocycles. The summed E-state index contributed by atoms with van der Waals surface area (Å²) in [5.74, 6) is -0.776. The van der Waals surface area contributed by atoms with Gasteiger partial charge in [-0.1, -0.05) is 23.2 Å². The fraction of sp³-hybridized carbons (Fsp3) is 0.435. The third-order valence-corrected chi connectivity index (χ3v) is 8.00. The summed E-state index contributed by atoms with van der Waals surface area (Å²) < 4.78 is 2.73. The summed E-state index contributed by atoms with van der Waals surface area (Å²) in [4.78, 5) is 31.8. The van der Waals surface area contributed by atoms with Gasteiger partial charge in [-0.05, 0) is 56.9 Å². The largest absolute Gasteiger partial charge is 0.481 e. The number of carbonyl (C=O) groups is 2. The minimum atomic E-state index is -0.835. The standard InChI is InChI=1S/C23H25Cl2N3O3S/c1-23(2,22(30)31)8-3-6-19(29)27-10-7-15-16-5-4-9-26-21(16)28(18(15)13-27)12-14-11-17(24)20(25)32-14/h4-5,9,11H,3,6-8,10,12-13H2,1-2H3,(H,30,31). The molecule has 0 aliphatic carbocycles. The number of carboxylic acids is 1. The van der Waals surface area contributed by atoms with E-state index in [1.807, 2.05) is 17.0 Å². The van der Waals surface area contributed by atoms with Crippen LogP contribution in [0.4, 0.5) is 0 Å². The number of aromatic nitrogens is 2. The van der Waals surface area contributed by atoms with Crippen LogP contribution in [0.2, 0.25) is 9.36 Å². The van der Waals surface area contributed by atoms with Crippen molar-refractivity contribution in [1.82, 2.24) is 14.5 Å². The van der Waals surface area contributed by atoms with Gasteiger partial charge in [0, 0.05) is 35.1 Å². The van der Waals surface area contributed by atoms with E-state index < -0.39 is 11.4 Å². The molecule has 1 amide bonds. The number of halogens is 2. The van der Waals surface area contributed by atoms with Gasteiger partial charge in [0.15, 0.2) is 0 Å². The normalized spacial score (nSPS) is 14.1. The summed E-state index contributed by atoms with van der Waals surface area (Å²) in [5, 5.41) is 10.9. The quantitative estimate of drug-likeness (QED) is 0.463. The highest BCUT2D eigenvalue weighted by Gasteiger charge is 2.29. The van der Waals surface area contributed by atoms with Gasteiger partial charge in [-0.2, -0.15) is 0 Å². The Balaban J connectivity index is 1.55. The average molecular weight is 494 g/mol. The lowest BCUT2D eigenvalue weighted by molar-refractivity contribution is -0.147. The topological polar surface area (TPSA) is 75.4 Å². The summed E-state index contributed by atoms with van der Waals surface area (Å²) in [7, 11) is 0. The van der Waals surface area contributed by atoms with E-state index in [0.29, 0.717) is 48.3 Å². The summed E-state index contributed by atoms with van der Waals surface area (Å²) in [5.41, 5.74) is 2.40. The Kier molecular flexibility index (Phi) is 6.52. The van der Waals surface area contributed by atoms with Gasteiger partial charge in [-0.25, -0.2) is 4.98 Å². The van der Waals surface area contributed by atoms with Crippen molar-refractivity contribution in [2.24, 2.45) is 5.41 Å². The van der Waals surface area contributed by atoms with Crippen LogP contribution in [-0.4, -0.2) is 38.0 Å². The molecule has 0 saturated heterocycles. The second-order valence-electron chi connectivity index (χ2n) is 8.83. The van der Waals surface area contributed by atoms with Crippen molar-refractivity contribution in [1.29, 1.82) is 0 Å². The van der Waals surface area contributed by atoms with Gasteiger partial charge >= 0.3 is 5.97 Å². The number of fused-ring (bicyclic) bond motifs is 3. The van der Waals surface area contributed by atoms with Crippen LogP contribution in [0.15, 0.2) is 24.4 Å². The van der Waals surface area contributed by atoms with Crippen molar-refractivity contribution in [3.05, 3.63) is 49.9 Å². The molecule has 0 aromatic carbocycles. The fourth-order valence-corrected chi connectivity index (χ4v) is 5.64. The Bertz CT molecular complexity index is 1170. The minimum absolute atomic E-state index is 0.0591. The van der Waals surface area contributed by atoms with Gasteiger partial charge in [0.05, 0.1) is 23.5 Å². The maximum absolute atomic E-state index is 12.9. The van der Waals surface area contributed by atoms with Crippen molar-refractivity contribution >= 4 is 57.4 Å². The Morgan fingerprint density at radius 3 is 2.78 bits per heavy atom. The van der Waals surface area contributed by atoms with E-state index in [2.05, 4.69) is 15.6 Å². The third kappa shape index (κ3) is 4.51. The zero-order valence-electron chi connectivity index (χ0n) is 18.0. The van der Waals surface area contributed by atoms with Crippen LogP contribution in [0.1, 0.15) is 49.2 Å². The first kappa shape index (κ1) is 23.1. The van der Waals surface area contributed by atoms with Crippen molar-refractivity contribution < 1.29 is 14.7 Å². The number of hydrogen-bond donors (Lipinski definition) is 1. The summed E-state index contributed by atoms with van der Waals surface area (Å²) >= 11 is 13.8. The molecule has 0 unspecified atom stereocenters. The first-order chi connectivity index (χ1) is 15.2. The molecule has 32 heavy (non-hydrogen) atoms. The monoisotopic (exact) mass is 493 g/mol. The lowest BCUT2D eigenvalue weighted by Gasteiger charge is -2.29. The van der Waals surface area contributed by atoms with Crippen LogP contribution in [0.25, 0.3) is 11.0 Å². The second-order valence-corrected chi connectivity index (χ2v) is 11.0. The van der Waals surface area contributed by atoms with Crippen LogP contribution in [0, 0.1) is 5.41 Å². The van der Waals surface area contributed by atoms with Crippen molar-refractivity contribution in [3.8, 4) is 0 Å². The molecule has 3 aromatic heterocycles. The van der Waals surface area contributed by atoms with Gasteiger partial charge < -0.3 is 14.6 Å². The lowest BCUT2D eigenvalue weighted by atomic mass is 9.87. The molecule has 6 nitrogen and oxygen atoms in total. The summed E-state index contributed by atoms with van der Waals surface area (Å²) in [6.07, 6.45) is 3.92. The zero-order chi connectivity index (χ0) is 23.0. The molecule has 0 atom stereocenters. The Hall–Kier alpha value is -2.09. The van der Waals surface area contributed by atoms with E-state index in [1.54, 1.807) is 20.0 Å². The number of amides is 1. The van der Waals surface area contributed by atoms with E-state index in [-0.39, 0.29) is 5.91 Å². The summed E-state index contributed by atoms with van der Waals surface area (Å²) in [6, 6.07) is 5.90. The molecule has 9 heteroatoms. The van der Waals surface area contributed by atoms with Crippen LogP contribution >= 0.6 is 34.5 Å². The number of nitrogens with zero attached hydrogens (tertiary/aromatic N) is 3. The molecule has 4 rings (SSSR count). The van der Waals surface area contributed by atoms with Crippen LogP contribution < -0.4 is 0 Å². The van der Waals surface area contributed by atoms with Crippen molar-refractivity contribution in [3.63, 3.8) is 0 Å². The number of thiophene rings is 1. The first-order valence-electron chi connectivity index (χ1n) is 10.6. The highest BCUT2D eigenvalue weighted by Crippen LogP contribution is 2.35. The van der Waals surface area contributed by atoms with Gasteiger partial charge in [0.1, 0.15) is 9.98 Å². The number of carbonyl (C=O) groups excluding carboxylic acids is 1. The van der Waals surface area contributed by atoms with E-state index in [0.717, 1.165) is 28.0 Å². The molecule has 0 saturated carbocycles. The molecular weight excluding hydrogens is 469 g/mol. The highest BCUT2D eigenvalue weighted by atomic mass is 35.5. The molecule has 0 bridgehead atoms. The van der Waals surface area contributed by atoms with Crippen LogP contribution in [0.5, 0.6) is 0 Å². The SMILES string of the molecule is CC(C)(CCCC(=O)N1CCc2c(n(Cc3cc(Cl)c(Cl)s3)c3ncccc23)C1)C(=O)O. The second kappa shape index (κ2) is 9.04. The number of pyridine rings is 1. The van der Waals surface area contributed by atoms with E-state index in [1.165, 1.54) is 16.9 Å². The number of rotatable bonds is 7. The molecule has 170 valence electrons. The third-order valence-electron chi connectivity index (χ3n) is 6.15. The Morgan fingerprint density at radius 2 is 2.09 bits per heavy atom. The van der Waals surface area contributed by atoms with Crippen LogP contribution in [-0.2, 0) is 29.1 Å². The molecule has 1 aliphatic rings. The predicted octanol–water partition coefficient (Wildman–Crippen LogP) is 5.62. The minimum Gasteiger partial charge on any atom is -0.481 e.